The first-order chi connectivity index (χ1) is 9.93. The van der Waals surface area contributed by atoms with Crippen LogP contribution in [-0.4, -0.2) is 4.68 Å². The molecule has 1 aromatic carbocycles. The second-order valence-corrected chi connectivity index (χ2v) is 5.13. The second-order valence-electron chi connectivity index (χ2n) is 4.69. The summed E-state index contributed by atoms with van der Waals surface area (Å²) in [6, 6.07) is 10.8. The van der Waals surface area contributed by atoms with Gasteiger partial charge in [-0.2, -0.15) is 5.26 Å². The van der Waals surface area contributed by atoms with E-state index in [9.17, 15) is 4.79 Å². The molecule has 2 aromatic rings. The highest BCUT2D eigenvalue weighted by Crippen LogP contribution is 2.15. The molecule has 1 heterocycles. The van der Waals surface area contributed by atoms with Gasteiger partial charge in [-0.25, -0.2) is 4.68 Å². The molecule has 0 radical (unpaired) electrons. The number of aryl methyl sites for hydroxylation is 2. The maximum atomic E-state index is 12.3. The van der Waals surface area contributed by atoms with E-state index in [1.165, 1.54) is 4.68 Å². The standard InChI is InChI=1S/C16H14ClN3O/c1-10-8-11(2)20(16(21)15(10)9-18)19-12(3)13-4-6-14(17)7-5-13/h4-8,19H,3H2,1-2H3. The molecule has 1 N–H and O–H groups in total. The Morgan fingerprint density at radius 2 is 1.95 bits per heavy atom. The molecule has 0 saturated carbocycles. The maximum absolute atomic E-state index is 12.3. The van der Waals surface area contributed by atoms with Gasteiger partial charge in [-0.3, -0.25) is 10.2 Å². The quantitative estimate of drug-likeness (QED) is 0.947. The van der Waals surface area contributed by atoms with Crippen LogP contribution in [0, 0.1) is 25.2 Å². The molecule has 0 aliphatic rings. The van der Waals surface area contributed by atoms with E-state index < -0.39 is 0 Å². The summed E-state index contributed by atoms with van der Waals surface area (Å²) in [4.78, 5) is 12.3. The summed E-state index contributed by atoms with van der Waals surface area (Å²) in [7, 11) is 0. The number of aromatic nitrogens is 1. The van der Waals surface area contributed by atoms with Gasteiger partial charge in [0.15, 0.2) is 0 Å². The highest BCUT2D eigenvalue weighted by atomic mass is 35.5. The van der Waals surface area contributed by atoms with Gasteiger partial charge in [0.1, 0.15) is 11.6 Å². The van der Waals surface area contributed by atoms with Crippen LogP contribution in [0.1, 0.15) is 22.4 Å². The van der Waals surface area contributed by atoms with E-state index in [0.29, 0.717) is 22.0 Å². The van der Waals surface area contributed by atoms with E-state index in [1.54, 1.807) is 44.2 Å². The van der Waals surface area contributed by atoms with Gasteiger partial charge in [-0.15, -0.1) is 0 Å². The molecule has 0 atom stereocenters. The van der Waals surface area contributed by atoms with Crippen LogP contribution in [0.4, 0.5) is 0 Å². The molecule has 0 bridgehead atoms. The molecular weight excluding hydrogens is 286 g/mol. The summed E-state index contributed by atoms with van der Waals surface area (Å²) >= 11 is 5.84. The Morgan fingerprint density at radius 1 is 1.33 bits per heavy atom. The average Bonchev–Trinajstić information content (AvgIpc) is 2.44. The van der Waals surface area contributed by atoms with Crippen molar-refractivity contribution in [3.05, 3.63) is 74.7 Å². The van der Waals surface area contributed by atoms with Crippen molar-refractivity contribution < 1.29 is 0 Å². The molecular formula is C16H14ClN3O. The number of halogens is 1. The zero-order valence-electron chi connectivity index (χ0n) is 11.8. The molecule has 0 spiro atoms. The Labute approximate surface area is 127 Å². The molecule has 0 saturated heterocycles. The summed E-state index contributed by atoms with van der Waals surface area (Å²) < 4.78 is 1.32. The van der Waals surface area contributed by atoms with Gasteiger partial charge in [-0.05, 0) is 43.2 Å². The molecule has 5 heteroatoms. The van der Waals surface area contributed by atoms with Crippen molar-refractivity contribution >= 4 is 17.3 Å². The van der Waals surface area contributed by atoms with Crippen molar-refractivity contribution in [2.45, 2.75) is 13.8 Å². The van der Waals surface area contributed by atoms with Crippen LogP contribution < -0.4 is 11.0 Å². The Kier molecular flexibility index (Phi) is 4.15. The third-order valence-electron chi connectivity index (χ3n) is 3.14. The van der Waals surface area contributed by atoms with E-state index >= 15 is 0 Å². The highest BCUT2D eigenvalue weighted by molar-refractivity contribution is 6.30. The number of nitrogens with one attached hydrogen (secondary N) is 1. The van der Waals surface area contributed by atoms with E-state index in [2.05, 4.69) is 12.0 Å². The van der Waals surface area contributed by atoms with Gasteiger partial charge in [0.25, 0.3) is 5.56 Å². The molecule has 0 amide bonds. The average molecular weight is 300 g/mol. The Balaban J connectivity index is 2.41. The Bertz CT molecular complexity index is 798. The normalized spacial score (nSPS) is 10.0. The molecule has 0 unspecified atom stereocenters. The lowest BCUT2D eigenvalue weighted by Gasteiger charge is -2.16. The lowest BCUT2D eigenvalue weighted by Crippen LogP contribution is -2.32. The zero-order chi connectivity index (χ0) is 15.6. The van der Waals surface area contributed by atoms with Gasteiger partial charge in [0.2, 0.25) is 0 Å². The van der Waals surface area contributed by atoms with Crippen LogP contribution >= 0.6 is 11.6 Å². The number of nitrogens with zero attached hydrogens (tertiary/aromatic N) is 2. The van der Waals surface area contributed by atoms with Crippen LogP contribution in [0.5, 0.6) is 0 Å². The van der Waals surface area contributed by atoms with Gasteiger partial charge >= 0.3 is 0 Å². The number of pyridine rings is 1. The number of hydrogen-bond acceptors (Lipinski definition) is 3. The van der Waals surface area contributed by atoms with Crippen LogP contribution in [0.25, 0.3) is 5.70 Å². The van der Waals surface area contributed by atoms with E-state index in [4.69, 9.17) is 16.9 Å². The maximum Gasteiger partial charge on any atom is 0.287 e. The number of benzene rings is 1. The lowest BCUT2D eigenvalue weighted by molar-refractivity contribution is 0.848. The number of hydrogen-bond donors (Lipinski definition) is 1. The van der Waals surface area contributed by atoms with Gasteiger partial charge in [0.05, 0.1) is 5.70 Å². The zero-order valence-corrected chi connectivity index (χ0v) is 12.5. The van der Waals surface area contributed by atoms with E-state index in [0.717, 1.165) is 5.56 Å². The fourth-order valence-corrected chi connectivity index (χ4v) is 2.14. The topological polar surface area (TPSA) is 57.8 Å². The van der Waals surface area contributed by atoms with Crippen molar-refractivity contribution in [2.75, 3.05) is 5.43 Å². The first-order valence-corrected chi connectivity index (χ1v) is 6.67. The largest absolute Gasteiger partial charge is 0.291 e. The Morgan fingerprint density at radius 3 is 2.52 bits per heavy atom. The summed E-state index contributed by atoms with van der Waals surface area (Å²) in [5.41, 5.74) is 5.39. The molecule has 106 valence electrons. The predicted octanol–water partition coefficient (Wildman–Crippen LogP) is 3.20. The SMILES string of the molecule is C=C(Nn1c(C)cc(C)c(C#N)c1=O)c1ccc(Cl)cc1. The van der Waals surface area contributed by atoms with Crippen LogP contribution in [0.3, 0.4) is 0 Å². The molecule has 1 aromatic heterocycles. The van der Waals surface area contributed by atoms with Gasteiger partial charge < -0.3 is 0 Å². The fourth-order valence-electron chi connectivity index (χ4n) is 2.02. The number of nitriles is 1. The van der Waals surface area contributed by atoms with Crippen molar-refractivity contribution in [2.24, 2.45) is 0 Å². The highest BCUT2D eigenvalue weighted by Gasteiger charge is 2.10. The van der Waals surface area contributed by atoms with Crippen LogP contribution in [0.2, 0.25) is 5.02 Å². The second kappa shape index (κ2) is 5.86. The van der Waals surface area contributed by atoms with Crippen LogP contribution in [-0.2, 0) is 0 Å². The van der Waals surface area contributed by atoms with Gasteiger partial charge in [-0.1, -0.05) is 30.3 Å². The smallest absolute Gasteiger partial charge is 0.287 e. The minimum absolute atomic E-state index is 0.122. The summed E-state index contributed by atoms with van der Waals surface area (Å²) in [5, 5.41) is 9.69. The first-order valence-electron chi connectivity index (χ1n) is 6.29. The van der Waals surface area contributed by atoms with Crippen molar-refractivity contribution in [3.63, 3.8) is 0 Å². The molecule has 0 aliphatic heterocycles. The van der Waals surface area contributed by atoms with Crippen molar-refractivity contribution in [1.82, 2.24) is 4.68 Å². The van der Waals surface area contributed by atoms with E-state index in [-0.39, 0.29) is 11.1 Å². The predicted molar refractivity (Wildman–Crippen MR) is 84.7 cm³/mol. The molecule has 0 fully saturated rings. The third kappa shape index (κ3) is 2.99. The molecule has 2 rings (SSSR count). The van der Waals surface area contributed by atoms with Crippen molar-refractivity contribution in [1.29, 1.82) is 5.26 Å². The summed E-state index contributed by atoms with van der Waals surface area (Å²) in [6.45, 7) is 7.44. The number of rotatable bonds is 3. The molecule has 4 nitrogen and oxygen atoms in total. The Hall–Kier alpha value is -2.51. The minimum Gasteiger partial charge on any atom is -0.291 e. The van der Waals surface area contributed by atoms with E-state index in [1.807, 2.05) is 6.07 Å². The monoisotopic (exact) mass is 299 g/mol. The van der Waals surface area contributed by atoms with Gasteiger partial charge in [0, 0.05) is 10.7 Å². The van der Waals surface area contributed by atoms with Crippen molar-refractivity contribution in [3.8, 4) is 6.07 Å². The summed E-state index contributed by atoms with van der Waals surface area (Å²) in [6.07, 6.45) is 0. The lowest BCUT2D eigenvalue weighted by atomic mass is 10.1. The minimum atomic E-state index is -0.384. The van der Waals surface area contributed by atoms with Crippen LogP contribution in [0.15, 0.2) is 41.7 Å². The first kappa shape index (κ1) is 14.9. The fraction of sp³-hybridized carbons (Fsp3) is 0.125. The summed E-state index contributed by atoms with van der Waals surface area (Å²) in [5.74, 6) is 0. The molecule has 0 aliphatic carbocycles. The molecule has 21 heavy (non-hydrogen) atoms. The third-order valence-corrected chi connectivity index (χ3v) is 3.39.